The van der Waals surface area contributed by atoms with Gasteiger partial charge in [0.2, 0.25) is 5.91 Å². The monoisotopic (exact) mass is 343 g/mol. The number of ether oxygens (including phenoxy) is 2. The Balaban J connectivity index is 2.01. The minimum atomic E-state index is -0.547. The van der Waals surface area contributed by atoms with E-state index in [0.717, 1.165) is 6.42 Å². The Kier molecular flexibility index (Phi) is 4.70. The minimum absolute atomic E-state index is 0.0368. The van der Waals surface area contributed by atoms with E-state index in [4.69, 9.17) is 9.47 Å². The van der Waals surface area contributed by atoms with E-state index in [0.29, 0.717) is 30.0 Å². The van der Waals surface area contributed by atoms with E-state index in [-0.39, 0.29) is 23.0 Å². The van der Waals surface area contributed by atoms with Crippen LogP contribution in [0.5, 0.6) is 11.5 Å². The highest BCUT2D eigenvalue weighted by Crippen LogP contribution is 2.33. The number of carbonyl (C=O) groups excluding carboxylic acids is 2. The lowest BCUT2D eigenvalue weighted by atomic mass is 10.1. The number of anilines is 1. The lowest BCUT2D eigenvalue weighted by molar-refractivity contribution is -0.117. The molecule has 2 aromatic rings. The van der Waals surface area contributed by atoms with E-state index in [9.17, 15) is 14.0 Å². The second-order valence-corrected chi connectivity index (χ2v) is 5.83. The summed E-state index contributed by atoms with van der Waals surface area (Å²) in [6, 6.07) is 9.04. The van der Waals surface area contributed by atoms with Gasteiger partial charge in [-0.1, -0.05) is 0 Å². The van der Waals surface area contributed by atoms with Gasteiger partial charge in [-0.05, 0) is 49.2 Å². The fourth-order valence-electron chi connectivity index (χ4n) is 2.81. The van der Waals surface area contributed by atoms with Crippen LogP contribution in [0.2, 0.25) is 0 Å². The SMILES string of the molecule is COC(=O)c1ccc(N2CCCC2=O)cc1Oc1ccc(F)cc1C. The molecule has 1 aliphatic heterocycles. The Hall–Kier alpha value is -2.89. The first-order valence-corrected chi connectivity index (χ1v) is 7.96. The Morgan fingerprint density at radius 2 is 1.96 bits per heavy atom. The third kappa shape index (κ3) is 3.47. The summed E-state index contributed by atoms with van der Waals surface area (Å²) in [6.07, 6.45) is 1.30. The number of nitrogens with zero attached hydrogens (tertiary/aromatic N) is 1. The molecule has 2 aromatic carbocycles. The molecule has 0 atom stereocenters. The Morgan fingerprint density at radius 1 is 1.16 bits per heavy atom. The van der Waals surface area contributed by atoms with Crippen LogP contribution in [0.4, 0.5) is 10.1 Å². The topological polar surface area (TPSA) is 55.8 Å². The van der Waals surface area contributed by atoms with Gasteiger partial charge in [0.05, 0.1) is 7.11 Å². The van der Waals surface area contributed by atoms with Crippen LogP contribution in [-0.4, -0.2) is 25.5 Å². The summed E-state index contributed by atoms with van der Waals surface area (Å²) in [7, 11) is 1.28. The van der Waals surface area contributed by atoms with Gasteiger partial charge >= 0.3 is 5.97 Å². The average molecular weight is 343 g/mol. The van der Waals surface area contributed by atoms with Crippen molar-refractivity contribution in [2.24, 2.45) is 0 Å². The van der Waals surface area contributed by atoms with Gasteiger partial charge in [-0.25, -0.2) is 9.18 Å². The zero-order valence-corrected chi connectivity index (χ0v) is 14.0. The normalized spacial score (nSPS) is 13.9. The highest BCUT2D eigenvalue weighted by Gasteiger charge is 2.24. The number of amides is 1. The third-order valence-corrected chi connectivity index (χ3v) is 4.11. The van der Waals surface area contributed by atoms with Crippen molar-refractivity contribution < 1.29 is 23.5 Å². The number of hydrogen-bond donors (Lipinski definition) is 0. The lowest BCUT2D eigenvalue weighted by Gasteiger charge is -2.19. The summed E-state index contributed by atoms with van der Waals surface area (Å²) in [6.45, 7) is 2.34. The molecule has 1 amide bonds. The molecule has 1 saturated heterocycles. The van der Waals surface area contributed by atoms with Crippen LogP contribution in [0.3, 0.4) is 0 Å². The van der Waals surface area contributed by atoms with E-state index in [1.54, 1.807) is 30.0 Å². The highest BCUT2D eigenvalue weighted by atomic mass is 19.1. The van der Waals surface area contributed by atoms with E-state index in [1.165, 1.54) is 25.3 Å². The first-order valence-electron chi connectivity index (χ1n) is 7.96. The summed E-state index contributed by atoms with van der Waals surface area (Å²) in [5, 5.41) is 0. The van der Waals surface area contributed by atoms with Gasteiger partial charge in [0, 0.05) is 24.7 Å². The van der Waals surface area contributed by atoms with Crippen molar-refractivity contribution in [3.8, 4) is 11.5 Å². The number of halogens is 1. The van der Waals surface area contributed by atoms with Crippen molar-refractivity contribution in [2.45, 2.75) is 19.8 Å². The predicted molar refractivity (Wildman–Crippen MR) is 90.6 cm³/mol. The van der Waals surface area contributed by atoms with Crippen molar-refractivity contribution in [1.82, 2.24) is 0 Å². The van der Waals surface area contributed by atoms with Crippen LogP contribution in [-0.2, 0) is 9.53 Å². The minimum Gasteiger partial charge on any atom is -0.465 e. The van der Waals surface area contributed by atoms with Crippen molar-refractivity contribution in [3.63, 3.8) is 0 Å². The molecule has 1 heterocycles. The molecule has 130 valence electrons. The van der Waals surface area contributed by atoms with Gasteiger partial charge in [0.1, 0.15) is 22.9 Å². The van der Waals surface area contributed by atoms with Crippen molar-refractivity contribution in [3.05, 3.63) is 53.3 Å². The molecule has 0 N–H and O–H groups in total. The summed E-state index contributed by atoms with van der Waals surface area (Å²) in [5.74, 6) is -0.187. The second kappa shape index (κ2) is 6.93. The molecular weight excluding hydrogens is 325 g/mol. The Bertz CT molecular complexity index is 834. The molecule has 0 spiro atoms. The molecule has 6 heteroatoms. The standard InChI is InChI=1S/C19H18FNO4/c1-12-10-13(20)5-8-16(12)25-17-11-14(21-9-3-4-18(21)22)6-7-15(17)19(23)24-2/h5-8,10-11H,3-4,9H2,1-2H3. The smallest absolute Gasteiger partial charge is 0.341 e. The van der Waals surface area contributed by atoms with Crippen LogP contribution < -0.4 is 9.64 Å². The number of methoxy groups -OCH3 is 1. The molecule has 3 rings (SSSR count). The highest BCUT2D eigenvalue weighted by molar-refractivity contribution is 5.97. The van der Waals surface area contributed by atoms with Crippen molar-refractivity contribution in [2.75, 3.05) is 18.6 Å². The molecule has 1 fully saturated rings. The number of benzene rings is 2. The van der Waals surface area contributed by atoms with Gasteiger partial charge in [-0.2, -0.15) is 0 Å². The fraction of sp³-hybridized carbons (Fsp3) is 0.263. The number of esters is 1. The molecular formula is C19H18FNO4. The molecule has 0 aromatic heterocycles. The quantitative estimate of drug-likeness (QED) is 0.792. The molecule has 25 heavy (non-hydrogen) atoms. The van der Waals surface area contributed by atoms with Crippen molar-refractivity contribution in [1.29, 1.82) is 0 Å². The molecule has 0 saturated carbocycles. The molecule has 1 aliphatic rings. The first kappa shape index (κ1) is 17.0. The van der Waals surface area contributed by atoms with Gasteiger partial charge in [-0.3, -0.25) is 4.79 Å². The fourth-order valence-corrected chi connectivity index (χ4v) is 2.81. The number of carbonyl (C=O) groups is 2. The largest absolute Gasteiger partial charge is 0.465 e. The number of rotatable bonds is 4. The Labute approximate surface area is 145 Å². The molecule has 0 unspecified atom stereocenters. The maximum Gasteiger partial charge on any atom is 0.341 e. The van der Waals surface area contributed by atoms with Gasteiger partial charge in [0.15, 0.2) is 0 Å². The average Bonchev–Trinajstić information content (AvgIpc) is 3.02. The molecule has 0 aliphatic carbocycles. The number of aryl methyl sites for hydroxylation is 1. The van der Waals surface area contributed by atoms with E-state index in [1.807, 2.05) is 0 Å². The molecule has 5 nitrogen and oxygen atoms in total. The molecule has 0 bridgehead atoms. The number of hydrogen-bond acceptors (Lipinski definition) is 4. The van der Waals surface area contributed by atoms with Crippen LogP contribution in [0.15, 0.2) is 36.4 Å². The van der Waals surface area contributed by atoms with Crippen LogP contribution in [0.25, 0.3) is 0 Å². The van der Waals surface area contributed by atoms with Crippen LogP contribution in [0.1, 0.15) is 28.8 Å². The maximum atomic E-state index is 13.3. The van der Waals surface area contributed by atoms with Crippen LogP contribution >= 0.6 is 0 Å². The summed E-state index contributed by atoms with van der Waals surface area (Å²) < 4.78 is 23.9. The van der Waals surface area contributed by atoms with Gasteiger partial charge in [0.25, 0.3) is 0 Å². The van der Waals surface area contributed by atoms with E-state index < -0.39 is 5.97 Å². The van der Waals surface area contributed by atoms with Gasteiger partial charge < -0.3 is 14.4 Å². The zero-order valence-electron chi connectivity index (χ0n) is 14.0. The first-order chi connectivity index (χ1) is 12.0. The zero-order chi connectivity index (χ0) is 18.0. The lowest BCUT2D eigenvalue weighted by Crippen LogP contribution is -2.23. The molecule has 0 radical (unpaired) electrons. The van der Waals surface area contributed by atoms with E-state index >= 15 is 0 Å². The summed E-state index contributed by atoms with van der Waals surface area (Å²) in [5.41, 5.74) is 1.49. The second-order valence-electron chi connectivity index (χ2n) is 5.83. The Morgan fingerprint density at radius 3 is 2.60 bits per heavy atom. The van der Waals surface area contributed by atoms with Gasteiger partial charge in [-0.15, -0.1) is 0 Å². The third-order valence-electron chi connectivity index (χ3n) is 4.11. The summed E-state index contributed by atoms with van der Waals surface area (Å²) in [4.78, 5) is 25.6. The van der Waals surface area contributed by atoms with Crippen LogP contribution in [0, 0.1) is 12.7 Å². The summed E-state index contributed by atoms with van der Waals surface area (Å²) >= 11 is 0. The predicted octanol–water partition coefficient (Wildman–Crippen LogP) is 3.84. The van der Waals surface area contributed by atoms with Crippen molar-refractivity contribution >= 4 is 17.6 Å². The maximum absolute atomic E-state index is 13.3. The van der Waals surface area contributed by atoms with E-state index in [2.05, 4.69) is 0 Å².